The first-order valence-electron chi connectivity index (χ1n) is 9.66. The maximum absolute atomic E-state index is 13.6. The second kappa shape index (κ2) is 10.8. The molecule has 0 spiro atoms. The molecule has 160 valence electrons. The van der Waals surface area contributed by atoms with Gasteiger partial charge in [-0.2, -0.15) is 0 Å². The minimum atomic E-state index is -1.11. The van der Waals surface area contributed by atoms with Crippen LogP contribution in [0.5, 0.6) is 11.5 Å². The number of benzene rings is 3. The summed E-state index contributed by atoms with van der Waals surface area (Å²) in [5.41, 5.74) is 1.07. The predicted molar refractivity (Wildman–Crippen MR) is 113 cm³/mol. The van der Waals surface area contributed by atoms with E-state index >= 15 is 0 Å². The Morgan fingerprint density at radius 3 is 2.16 bits per heavy atom. The lowest BCUT2D eigenvalue weighted by Crippen LogP contribution is -2.31. The van der Waals surface area contributed by atoms with Crippen LogP contribution in [0.4, 0.5) is 10.1 Å². The molecule has 3 aromatic carbocycles. The van der Waals surface area contributed by atoms with Crippen LogP contribution in [-0.4, -0.2) is 24.6 Å². The van der Waals surface area contributed by atoms with E-state index in [1.54, 1.807) is 30.3 Å². The molecule has 1 amide bonds. The van der Waals surface area contributed by atoms with Crippen molar-refractivity contribution in [3.05, 3.63) is 90.2 Å². The van der Waals surface area contributed by atoms with Crippen molar-refractivity contribution in [2.75, 3.05) is 11.9 Å². The van der Waals surface area contributed by atoms with E-state index < -0.39 is 23.8 Å². The molecule has 1 N–H and O–H groups in total. The fourth-order valence-corrected chi connectivity index (χ4v) is 2.60. The van der Waals surface area contributed by atoms with E-state index in [4.69, 9.17) is 14.2 Å². The van der Waals surface area contributed by atoms with E-state index in [0.29, 0.717) is 18.1 Å². The maximum Gasteiger partial charge on any atom is 0.344 e. The number of ether oxygens (including phenoxy) is 3. The van der Waals surface area contributed by atoms with Crippen molar-refractivity contribution < 1.29 is 28.2 Å². The number of rotatable bonds is 9. The zero-order chi connectivity index (χ0) is 22.1. The average molecular weight is 423 g/mol. The largest absolute Gasteiger partial charge is 0.489 e. The van der Waals surface area contributed by atoms with Gasteiger partial charge < -0.3 is 19.5 Å². The fraction of sp³-hybridized carbons (Fsp3) is 0.167. The Morgan fingerprint density at radius 2 is 1.48 bits per heavy atom. The lowest BCUT2D eigenvalue weighted by molar-refractivity contribution is -0.155. The number of nitrogens with one attached hydrogen (secondary N) is 1. The van der Waals surface area contributed by atoms with Gasteiger partial charge in [0, 0.05) is 0 Å². The van der Waals surface area contributed by atoms with Crippen molar-refractivity contribution in [1.29, 1.82) is 0 Å². The Bertz CT molecular complexity index is 1010. The molecule has 0 radical (unpaired) electrons. The average Bonchev–Trinajstić information content (AvgIpc) is 2.79. The van der Waals surface area contributed by atoms with Crippen LogP contribution < -0.4 is 14.8 Å². The van der Waals surface area contributed by atoms with Crippen molar-refractivity contribution in [2.45, 2.75) is 19.6 Å². The monoisotopic (exact) mass is 423 g/mol. The van der Waals surface area contributed by atoms with Crippen LogP contribution in [0.1, 0.15) is 12.5 Å². The van der Waals surface area contributed by atoms with Gasteiger partial charge in [-0.1, -0.05) is 42.5 Å². The van der Waals surface area contributed by atoms with Gasteiger partial charge in [0.15, 0.2) is 12.7 Å². The summed E-state index contributed by atoms with van der Waals surface area (Å²) >= 11 is 0. The molecule has 0 fully saturated rings. The number of hydrogen-bond donors (Lipinski definition) is 1. The third kappa shape index (κ3) is 6.85. The number of halogens is 1. The third-order valence-electron chi connectivity index (χ3n) is 4.24. The van der Waals surface area contributed by atoms with Gasteiger partial charge in [-0.3, -0.25) is 4.79 Å². The zero-order valence-electron chi connectivity index (χ0n) is 16.9. The van der Waals surface area contributed by atoms with Crippen molar-refractivity contribution in [1.82, 2.24) is 0 Å². The van der Waals surface area contributed by atoms with Crippen molar-refractivity contribution in [3.63, 3.8) is 0 Å². The first kappa shape index (κ1) is 21.8. The summed E-state index contributed by atoms with van der Waals surface area (Å²) < 4.78 is 29.7. The molecule has 6 nitrogen and oxygen atoms in total. The highest BCUT2D eigenvalue weighted by molar-refractivity contribution is 5.95. The zero-order valence-corrected chi connectivity index (χ0v) is 16.9. The van der Waals surface area contributed by atoms with Gasteiger partial charge in [-0.25, -0.2) is 9.18 Å². The van der Waals surface area contributed by atoms with Crippen molar-refractivity contribution in [2.24, 2.45) is 0 Å². The second-order valence-electron chi connectivity index (χ2n) is 6.64. The quantitative estimate of drug-likeness (QED) is 0.518. The number of hydrogen-bond acceptors (Lipinski definition) is 5. The van der Waals surface area contributed by atoms with Crippen LogP contribution in [0, 0.1) is 5.82 Å². The Balaban J connectivity index is 1.41. The molecular formula is C24H22FNO5. The van der Waals surface area contributed by atoms with E-state index in [9.17, 15) is 14.0 Å². The predicted octanol–water partition coefficient (Wildman–Crippen LogP) is 4.35. The molecule has 7 heteroatoms. The lowest BCUT2D eigenvalue weighted by Gasteiger charge is -2.14. The summed E-state index contributed by atoms with van der Waals surface area (Å²) in [4.78, 5) is 24.0. The van der Waals surface area contributed by atoms with Gasteiger partial charge in [-0.15, -0.1) is 0 Å². The van der Waals surface area contributed by atoms with Gasteiger partial charge in [0.2, 0.25) is 0 Å². The van der Waals surface area contributed by atoms with Crippen molar-refractivity contribution >= 4 is 17.6 Å². The third-order valence-corrected chi connectivity index (χ3v) is 4.24. The van der Waals surface area contributed by atoms with Crippen LogP contribution in [0.25, 0.3) is 0 Å². The first-order chi connectivity index (χ1) is 15.0. The maximum atomic E-state index is 13.6. The van der Waals surface area contributed by atoms with Crippen LogP contribution in [0.15, 0.2) is 78.9 Å². The number of esters is 1. The van der Waals surface area contributed by atoms with Gasteiger partial charge >= 0.3 is 5.97 Å². The Hall–Kier alpha value is -3.87. The second-order valence-corrected chi connectivity index (χ2v) is 6.64. The van der Waals surface area contributed by atoms with Gasteiger partial charge in [0.25, 0.3) is 5.91 Å². The summed E-state index contributed by atoms with van der Waals surface area (Å²) in [5, 5.41) is 2.37. The molecule has 0 aliphatic rings. The van der Waals surface area contributed by atoms with Gasteiger partial charge in [0.1, 0.15) is 23.9 Å². The molecule has 0 saturated carbocycles. The SMILES string of the molecule is CC(OC(=O)COc1ccc(OCc2ccccc2)cc1)C(=O)Nc1ccccc1F. The molecule has 0 bridgehead atoms. The molecule has 0 heterocycles. The van der Waals surface area contributed by atoms with Crippen LogP contribution in [-0.2, 0) is 20.9 Å². The topological polar surface area (TPSA) is 73.9 Å². The molecule has 0 saturated heterocycles. The van der Waals surface area contributed by atoms with E-state index in [0.717, 1.165) is 5.56 Å². The number of amides is 1. The smallest absolute Gasteiger partial charge is 0.344 e. The normalized spacial score (nSPS) is 11.3. The van der Waals surface area contributed by atoms with E-state index in [-0.39, 0.29) is 12.3 Å². The van der Waals surface area contributed by atoms with Gasteiger partial charge in [0.05, 0.1) is 5.69 Å². The molecule has 0 aliphatic heterocycles. The number of anilines is 1. The molecule has 1 unspecified atom stereocenters. The Labute approximate surface area is 179 Å². The lowest BCUT2D eigenvalue weighted by atomic mass is 10.2. The minimum absolute atomic E-state index is 0.0150. The molecule has 31 heavy (non-hydrogen) atoms. The summed E-state index contributed by atoms with van der Waals surface area (Å²) in [6.07, 6.45) is -1.11. The summed E-state index contributed by atoms with van der Waals surface area (Å²) in [5.74, 6) is -0.822. The number of carbonyl (C=O) groups is 2. The summed E-state index contributed by atoms with van der Waals surface area (Å²) in [6, 6.07) is 22.3. The molecule has 3 aromatic rings. The highest BCUT2D eigenvalue weighted by Gasteiger charge is 2.19. The van der Waals surface area contributed by atoms with Crippen molar-refractivity contribution in [3.8, 4) is 11.5 Å². The Kier molecular flexibility index (Phi) is 7.59. The molecule has 0 aliphatic carbocycles. The minimum Gasteiger partial charge on any atom is -0.489 e. The van der Waals surface area contributed by atoms with E-state index in [2.05, 4.69) is 5.32 Å². The Morgan fingerprint density at radius 1 is 0.871 bits per heavy atom. The molecule has 3 rings (SSSR count). The van der Waals surface area contributed by atoms with E-state index in [1.165, 1.54) is 25.1 Å². The summed E-state index contributed by atoms with van der Waals surface area (Å²) in [7, 11) is 0. The molecule has 0 aromatic heterocycles. The standard InChI is InChI=1S/C24H22FNO5/c1-17(24(28)26-22-10-6-5-9-21(22)25)31-23(27)16-30-20-13-11-19(12-14-20)29-15-18-7-3-2-4-8-18/h2-14,17H,15-16H2,1H3,(H,26,28). The van der Waals surface area contributed by atoms with Crippen LogP contribution in [0.3, 0.4) is 0 Å². The highest BCUT2D eigenvalue weighted by atomic mass is 19.1. The van der Waals surface area contributed by atoms with Crippen LogP contribution >= 0.6 is 0 Å². The van der Waals surface area contributed by atoms with E-state index in [1.807, 2.05) is 30.3 Å². The fourth-order valence-electron chi connectivity index (χ4n) is 2.60. The molecular weight excluding hydrogens is 401 g/mol. The highest BCUT2D eigenvalue weighted by Crippen LogP contribution is 2.19. The number of carbonyl (C=O) groups excluding carboxylic acids is 2. The summed E-state index contributed by atoms with van der Waals surface area (Å²) in [6.45, 7) is 1.47. The first-order valence-corrected chi connectivity index (χ1v) is 9.66. The van der Waals surface area contributed by atoms with Crippen LogP contribution in [0.2, 0.25) is 0 Å². The number of para-hydroxylation sites is 1. The van der Waals surface area contributed by atoms with Gasteiger partial charge in [-0.05, 0) is 48.9 Å². The molecule has 1 atom stereocenters.